The van der Waals surface area contributed by atoms with Crippen molar-refractivity contribution in [2.75, 3.05) is 0 Å². The van der Waals surface area contributed by atoms with Gasteiger partial charge >= 0.3 is 0 Å². The van der Waals surface area contributed by atoms with E-state index in [1.165, 1.54) is 44.1 Å². The molecule has 0 fully saturated rings. The van der Waals surface area contributed by atoms with Crippen LogP contribution >= 0.6 is 0 Å². The van der Waals surface area contributed by atoms with Crippen LogP contribution in [0.2, 0.25) is 0 Å². The fourth-order valence-electron chi connectivity index (χ4n) is 3.70. The molecule has 0 N–H and O–H groups in total. The number of rotatable bonds is 0. The van der Waals surface area contributed by atoms with Gasteiger partial charge in [-0.25, -0.2) is 0 Å². The molecule has 0 saturated heterocycles. The molecule has 0 amide bonds. The summed E-state index contributed by atoms with van der Waals surface area (Å²) < 4.78 is 0. The lowest BCUT2D eigenvalue weighted by molar-refractivity contribution is 1.40. The zero-order valence-corrected chi connectivity index (χ0v) is 12.8. The Kier molecular flexibility index (Phi) is 2.22. The van der Waals surface area contributed by atoms with Crippen LogP contribution in [0.15, 0.2) is 46.4 Å². The lowest BCUT2D eigenvalue weighted by Crippen LogP contribution is -1.89. The molecule has 0 unspecified atom stereocenters. The van der Waals surface area contributed by atoms with Crippen molar-refractivity contribution in [1.82, 2.24) is 0 Å². The second kappa shape index (κ2) is 4.04. The minimum Gasteiger partial charge on any atom is -0.257 e. The molecule has 2 aliphatic rings. The van der Waals surface area contributed by atoms with Gasteiger partial charge in [0.1, 0.15) is 0 Å². The first kappa shape index (κ1) is 12.1. The predicted molar refractivity (Wildman–Crippen MR) is 94.4 cm³/mol. The number of nitrogens with zero attached hydrogens (tertiary/aromatic N) is 2. The van der Waals surface area contributed by atoms with Crippen molar-refractivity contribution in [3.8, 4) is 0 Å². The molecule has 3 aromatic carbocycles. The van der Waals surface area contributed by atoms with Crippen molar-refractivity contribution < 1.29 is 0 Å². The van der Waals surface area contributed by atoms with Crippen LogP contribution in [0.25, 0.3) is 21.5 Å². The number of benzene rings is 3. The molecule has 0 spiro atoms. The first-order valence-corrected chi connectivity index (χ1v) is 7.77. The maximum Gasteiger partial charge on any atom is 0.0671 e. The Hall–Kier alpha value is -2.48. The van der Waals surface area contributed by atoms with Crippen molar-refractivity contribution in [2.45, 2.75) is 26.7 Å². The van der Waals surface area contributed by atoms with Gasteiger partial charge in [-0.15, -0.1) is 0 Å². The Bertz CT molecular complexity index is 953. The summed E-state index contributed by atoms with van der Waals surface area (Å²) >= 11 is 0. The molecule has 2 heteroatoms. The van der Waals surface area contributed by atoms with Gasteiger partial charge in [-0.05, 0) is 82.9 Å². The number of aliphatic imine (C=N–C) groups is 2. The second-order valence-corrected chi connectivity index (χ2v) is 6.56. The average molecular weight is 284 g/mol. The van der Waals surface area contributed by atoms with Crippen LogP contribution in [-0.4, -0.2) is 11.4 Å². The van der Waals surface area contributed by atoms with Crippen LogP contribution in [0.5, 0.6) is 0 Å². The van der Waals surface area contributed by atoms with E-state index in [0.717, 1.165) is 24.2 Å². The van der Waals surface area contributed by atoms with E-state index in [4.69, 9.17) is 0 Å². The number of hydrogen-bond acceptors (Lipinski definition) is 2. The maximum atomic E-state index is 4.65. The van der Waals surface area contributed by atoms with Crippen LogP contribution in [0.1, 0.15) is 25.0 Å². The molecule has 106 valence electrons. The fourth-order valence-corrected chi connectivity index (χ4v) is 3.70. The lowest BCUT2D eigenvalue weighted by Gasteiger charge is -2.07. The maximum absolute atomic E-state index is 4.65. The molecule has 0 aliphatic carbocycles. The van der Waals surface area contributed by atoms with E-state index in [1.54, 1.807) is 0 Å². The van der Waals surface area contributed by atoms with E-state index in [9.17, 15) is 0 Å². The summed E-state index contributed by atoms with van der Waals surface area (Å²) in [5.41, 5.74) is 7.39. The average Bonchev–Trinajstić information content (AvgIpc) is 2.99. The number of hydrogen-bond donors (Lipinski definition) is 0. The molecule has 2 aliphatic heterocycles. The summed E-state index contributed by atoms with van der Waals surface area (Å²) in [5.74, 6) is 0. The lowest BCUT2D eigenvalue weighted by atomic mass is 9.97. The Balaban J connectivity index is 1.79. The van der Waals surface area contributed by atoms with Crippen LogP contribution in [0.4, 0.5) is 11.4 Å². The molecule has 5 rings (SSSR count). The largest absolute Gasteiger partial charge is 0.257 e. The first-order chi connectivity index (χ1) is 10.7. The Labute approximate surface area is 129 Å². The van der Waals surface area contributed by atoms with Crippen LogP contribution in [-0.2, 0) is 12.8 Å². The molecule has 0 atom stereocenters. The van der Waals surface area contributed by atoms with Gasteiger partial charge in [-0.3, -0.25) is 9.98 Å². The summed E-state index contributed by atoms with van der Waals surface area (Å²) in [7, 11) is 0. The van der Waals surface area contributed by atoms with Gasteiger partial charge in [-0.1, -0.05) is 0 Å². The van der Waals surface area contributed by atoms with Gasteiger partial charge in [0.05, 0.1) is 11.4 Å². The summed E-state index contributed by atoms with van der Waals surface area (Å²) in [5, 5.41) is 5.16. The molecule has 22 heavy (non-hydrogen) atoms. The Morgan fingerprint density at radius 3 is 1.45 bits per heavy atom. The van der Waals surface area contributed by atoms with Crippen molar-refractivity contribution >= 4 is 44.3 Å². The van der Waals surface area contributed by atoms with Gasteiger partial charge in [-0.2, -0.15) is 0 Å². The SMILES string of the molecule is CC1=Nc2cc3cc4cc5c(cc4cc3cc2C1)N=C(C)C5. The topological polar surface area (TPSA) is 24.7 Å². The van der Waals surface area contributed by atoms with Gasteiger partial charge in [0, 0.05) is 24.3 Å². The molecule has 0 aromatic heterocycles. The third kappa shape index (κ3) is 1.67. The molecular weight excluding hydrogens is 268 g/mol. The van der Waals surface area contributed by atoms with Gasteiger partial charge in [0.25, 0.3) is 0 Å². The summed E-state index contributed by atoms with van der Waals surface area (Å²) in [6, 6.07) is 13.6. The normalized spacial score (nSPS) is 15.9. The van der Waals surface area contributed by atoms with Crippen molar-refractivity contribution in [1.29, 1.82) is 0 Å². The monoisotopic (exact) mass is 284 g/mol. The van der Waals surface area contributed by atoms with Gasteiger partial charge in [0.15, 0.2) is 0 Å². The molecule has 2 heterocycles. The van der Waals surface area contributed by atoms with Crippen molar-refractivity contribution in [2.24, 2.45) is 9.98 Å². The molecule has 0 radical (unpaired) electrons. The van der Waals surface area contributed by atoms with Crippen molar-refractivity contribution in [3.05, 3.63) is 47.5 Å². The predicted octanol–water partition coefficient (Wildman–Crippen LogP) is 5.29. The van der Waals surface area contributed by atoms with E-state index < -0.39 is 0 Å². The van der Waals surface area contributed by atoms with Gasteiger partial charge in [0.2, 0.25) is 0 Å². The van der Waals surface area contributed by atoms with Crippen LogP contribution in [0, 0.1) is 0 Å². The molecule has 0 saturated carbocycles. The van der Waals surface area contributed by atoms with Crippen molar-refractivity contribution in [3.63, 3.8) is 0 Å². The standard InChI is InChI=1S/C20H16N2/c1-11-3-17-7-13-5-16-10-20-18(4-12(2)22-20)8-14(16)6-15(13)9-19(17)21-11/h5-10H,3-4H2,1-2H3. The zero-order valence-electron chi connectivity index (χ0n) is 12.8. The highest BCUT2D eigenvalue weighted by Crippen LogP contribution is 2.36. The van der Waals surface area contributed by atoms with E-state index >= 15 is 0 Å². The van der Waals surface area contributed by atoms with Crippen LogP contribution in [0.3, 0.4) is 0 Å². The first-order valence-electron chi connectivity index (χ1n) is 7.77. The molecule has 2 nitrogen and oxygen atoms in total. The minimum atomic E-state index is 0.983. The third-order valence-corrected chi connectivity index (χ3v) is 4.71. The zero-order chi connectivity index (χ0) is 14.8. The second-order valence-electron chi connectivity index (χ2n) is 6.56. The quantitative estimate of drug-likeness (QED) is 0.501. The Morgan fingerprint density at radius 2 is 1.00 bits per heavy atom. The van der Waals surface area contributed by atoms with Crippen LogP contribution < -0.4 is 0 Å². The third-order valence-electron chi connectivity index (χ3n) is 4.71. The smallest absolute Gasteiger partial charge is 0.0671 e. The minimum absolute atomic E-state index is 0.983. The fraction of sp³-hybridized carbons (Fsp3) is 0.200. The van der Waals surface area contributed by atoms with E-state index in [-0.39, 0.29) is 0 Å². The van der Waals surface area contributed by atoms with E-state index in [1.807, 2.05) is 0 Å². The number of fused-ring (bicyclic) bond motifs is 4. The van der Waals surface area contributed by atoms with Gasteiger partial charge < -0.3 is 0 Å². The van der Waals surface area contributed by atoms with E-state index in [0.29, 0.717) is 0 Å². The highest BCUT2D eigenvalue weighted by molar-refractivity contribution is 6.04. The van der Waals surface area contributed by atoms with E-state index in [2.05, 4.69) is 60.2 Å². The molecule has 3 aromatic rings. The summed E-state index contributed by atoms with van der Waals surface area (Å²) in [4.78, 5) is 9.30. The Morgan fingerprint density at radius 1 is 0.591 bits per heavy atom. The summed E-state index contributed by atoms with van der Waals surface area (Å²) in [6.07, 6.45) is 1.97. The highest BCUT2D eigenvalue weighted by Gasteiger charge is 2.15. The highest BCUT2D eigenvalue weighted by atomic mass is 14.8. The summed E-state index contributed by atoms with van der Waals surface area (Å²) in [6.45, 7) is 4.21. The molecule has 0 bridgehead atoms. The molecular formula is C20H16N2.